The van der Waals surface area contributed by atoms with Gasteiger partial charge in [0.15, 0.2) is 0 Å². The molecular weight excluding hydrogens is 262 g/mol. The molecule has 0 spiro atoms. The summed E-state index contributed by atoms with van der Waals surface area (Å²) in [4.78, 5) is 0. The lowest BCUT2D eigenvalue weighted by atomic mass is 9.64. The average molecular weight is 291 g/mol. The number of ether oxygens (including phenoxy) is 2. The fraction of sp³-hybridized carbons (Fsp3) is 0.667. The van der Waals surface area contributed by atoms with Crippen LogP contribution in [0.5, 0.6) is 5.75 Å². The minimum absolute atomic E-state index is 0.182. The van der Waals surface area contributed by atoms with Crippen LogP contribution in [0.4, 0.5) is 0 Å². The van der Waals surface area contributed by atoms with Gasteiger partial charge in [-0.15, -0.1) is 0 Å². The molecule has 0 amide bonds. The van der Waals surface area contributed by atoms with Gasteiger partial charge in [-0.1, -0.05) is 31.5 Å². The van der Waals surface area contributed by atoms with Crippen LogP contribution < -0.4 is 10.1 Å². The van der Waals surface area contributed by atoms with Gasteiger partial charge in [-0.25, -0.2) is 0 Å². The molecule has 2 rings (SSSR count). The largest absolute Gasteiger partial charge is 0.496 e. The average Bonchev–Trinajstić information content (AvgIpc) is 2.46. The Morgan fingerprint density at radius 3 is 2.67 bits per heavy atom. The molecule has 0 bridgehead atoms. The summed E-state index contributed by atoms with van der Waals surface area (Å²) in [7, 11) is 1.74. The number of rotatable bonds is 6. The minimum Gasteiger partial charge on any atom is -0.496 e. The van der Waals surface area contributed by atoms with Crippen molar-refractivity contribution in [2.75, 3.05) is 13.7 Å². The highest BCUT2D eigenvalue weighted by Crippen LogP contribution is 2.44. The van der Waals surface area contributed by atoms with E-state index in [1.54, 1.807) is 7.11 Å². The van der Waals surface area contributed by atoms with Crippen molar-refractivity contribution in [3.63, 3.8) is 0 Å². The molecule has 1 aromatic carbocycles. The fourth-order valence-corrected chi connectivity index (χ4v) is 3.24. The third kappa shape index (κ3) is 3.24. The van der Waals surface area contributed by atoms with E-state index in [1.807, 2.05) is 0 Å². The summed E-state index contributed by atoms with van der Waals surface area (Å²) in [6.45, 7) is 11.8. The van der Waals surface area contributed by atoms with Crippen LogP contribution in [0.25, 0.3) is 0 Å². The molecule has 0 heterocycles. The van der Waals surface area contributed by atoms with Crippen molar-refractivity contribution in [2.24, 2.45) is 5.41 Å². The lowest BCUT2D eigenvalue weighted by Crippen LogP contribution is -2.61. The summed E-state index contributed by atoms with van der Waals surface area (Å²) >= 11 is 0. The van der Waals surface area contributed by atoms with E-state index in [9.17, 15) is 0 Å². The number of aryl methyl sites for hydroxylation is 1. The summed E-state index contributed by atoms with van der Waals surface area (Å²) in [6, 6.07) is 7.11. The first-order valence-corrected chi connectivity index (χ1v) is 7.92. The SMILES string of the molecule is CCOC1CC(NC(C)c2cc(C)ccc2OC)C1(C)C. The Labute approximate surface area is 129 Å². The van der Waals surface area contributed by atoms with Crippen molar-refractivity contribution in [3.8, 4) is 5.75 Å². The zero-order valence-electron chi connectivity index (χ0n) is 14.2. The van der Waals surface area contributed by atoms with E-state index in [-0.39, 0.29) is 11.5 Å². The van der Waals surface area contributed by atoms with Crippen LogP contribution in [0, 0.1) is 12.3 Å². The third-order valence-corrected chi connectivity index (χ3v) is 4.85. The van der Waals surface area contributed by atoms with Gasteiger partial charge >= 0.3 is 0 Å². The Hall–Kier alpha value is -1.06. The van der Waals surface area contributed by atoms with E-state index in [0.29, 0.717) is 12.1 Å². The maximum atomic E-state index is 5.81. The van der Waals surface area contributed by atoms with Gasteiger partial charge in [0.25, 0.3) is 0 Å². The second-order valence-electron chi connectivity index (χ2n) is 6.69. The second-order valence-corrected chi connectivity index (χ2v) is 6.69. The van der Waals surface area contributed by atoms with Gasteiger partial charge in [0.1, 0.15) is 5.75 Å². The maximum absolute atomic E-state index is 5.81. The molecular formula is C18H29NO2. The molecule has 3 atom stereocenters. The van der Waals surface area contributed by atoms with Gasteiger partial charge in [-0.05, 0) is 33.3 Å². The van der Waals surface area contributed by atoms with E-state index in [2.05, 4.69) is 58.1 Å². The Balaban J connectivity index is 2.06. The van der Waals surface area contributed by atoms with Crippen LogP contribution in [-0.2, 0) is 4.74 Å². The van der Waals surface area contributed by atoms with Crippen LogP contribution >= 0.6 is 0 Å². The molecule has 0 aliphatic heterocycles. The van der Waals surface area contributed by atoms with Crippen LogP contribution in [0.15, 0.2) is 18.2 Å². The lowest BCUT2D eigenvalue weighted by molar-refractivity contribution is -0.116. The molecule has 3 heteroatoms. The summed E-state index contributed by atoms with van der Waals surface area (Å²) < 4.78 is 11.3. The molecule has 1 aliphatic carbocycles. The van der Waals surface area contributed by atoms with E-state index < -0.39 is 0 Å². The lowest BCUT2D eigenvalue weighted by Gasteiger charge is -2.52. The van der Waals surface area contributed by atoms with E-state index in [1.165, 1.54) is 11.1 Å². The first-order chi connectivity index (χ1) is 9.90. The summed E-state index contributed by atoms with van der Waals surface area (Å²) in [5, 5.41) is 3.75. The molecule has 1 aromatic rings. The highest BCUT2D eigenvalue weighted by atomic mass is 16.5. The fourth-order valence-electron chi connectivity index (χ4n) is 3.24. The quantitative estimate of drug-likeness (QED) is 0.863. The second kappa shape index (κ2) is 6.37. The van der Waals surface area contributed by atoms with Gasteiger partial charge in [0.2, 0.25) is 0 Å². The molecule has 0 aromatic heterocycles. The molecule has 118 valence electrons. The smallest absolute Gasteiger partial charge is 0.123 e. The highest BCUT2D eigenvalue weighted by molar-refractivity contribution is 5.39. The van der Waals surface area contributed by atoms with Crippen molar-refractivity contribution in [1.82, 2.24) is 5.32 Å². The summed E-state index contributed by atoms with van der Waals surface area (Å²) in [6.07, 6.45) is 1.45. The molecule has 1 saturated carbocycles. The predicted molar refractivity (Wildman–Crippen MR) is 86.9 cm³/mol. The third-order valence-electron chi connectivity index (χ3n) is 4.85. The van der Waals surface area contributed by atoms with Crippen molar-refractivity contribution in [2.45, 2.75) is 59.2 Å². The predicted octanol–water partition coefficient (Wildman–Crippen LogP) is 3.86. The van der Waals surface area contributed by atoms with E-state index >= 15 is 0 Å². The highest BCUT2D eigenvalue weighted by Gasteiger charge is 2.49. The normalized spacial score (nSPS) is 25.2. The zero-order valence-corrected chi connectivity index (χ0v) is 14.2. The van der Waals surface area contributed by atoms with Gasteiger partial charge < -0.3 is 14.8 Å². The number of hydrogen-bond donors (Lipinski definition) is 1. The summed E-state index contributed by atoms with van der Waals surface area (Å²) in [5.41, 5.74) is 2.68. The number of benzene rings is 1. The minimum atomic E-state index is 0.182. The number of methoxy groups -OCH3 is 1. The molecule has 1 aliphatic rings. The first kappa shape index (κ1) is 16.3. The Kier molecular flexibility index (Phi) is 4.95. The molecule has 1 N–H and O–H groups in total. The molecule has 0 saturated heterocycles. The van der Waals surface area contributed by atoms with E-state index in [0.717, 1.165) is 18.8 Å². The van der Waals surface area contributed by atoms with Crippen molar-refractivity contribution in [3.05, 3.63) is 29.3 Å². The van der Waals surface area contributed by atoms with Crippen LogP contribution in [0.1, 0.15) is 51.3 Å². The Morgan fingerprint density at radius 1 is 1.38 bits per heavy atom. The molecule has 1 fully saturated rings. The number of nitrogens with one attached hydrogen (secondary N) is 1. The number of hydrogen-bond acceptors (Lipinski definition) is 3. The molecule has 3 nitrogen and oxygen atoms in total. The zero-order chi connectivity index (χ0) is 15.6. The van der Waals surface area contributed by atoms with Crippen LogP contribution in [0.2, 0.25) is 0 Å². The van der Waals surface area contributed by atoms with Crippen molar-refractivity contribution >= 4 is 0 Å². The Morgan fingerprint density at radius 2 is 2.10 bits per heavy atom. The molecule has 3 unspecified atom stereocenters. The topological polar surface area (TPSA) is 30.5 Å². The monoisotopic (exact) mass is 291 g/mol. The van der Waals surface area contributed by atoms with Crippen molar-refractivity contribution in [1.29, 1.82) is 0 Å². The first-order valence-electron chi connectivity index (χ1n) is 7.92. The van der Waals surface area contributed by atoms with Crippen LogP contribution in [0.3, 0.4) is 0 Å². The standard InChI is InChI=1S/C18H29NO2/c1-7-21-17-11-16(18(17,4)5)19-13(3)14-10-12(2)8-9-15(14)20-6/h8-10,13,16-17,19H,7,11H2,1-6H3. The van der Waals surface area contributed by atoms with Gasteiger partial charge in [-0.3, -0.25) is 0 Å². The van der Waals surface area contributed by atoms with Gasteiger partial charge in [0.05, 0.1) is 13.2 Å². The van der Waals surface area contributed by atoms with Gasteiger partial charge in [-0.2, -0.15) is 0 Å². The van der Waals surface area contributed by atoms with Crippen LogP contribution in [-0.4, -0.2) is 25.9 Å². The molecule has 0 radical (unpaired) electrons. The van der Waals surface area contributed by atoms with Gasteiger partial charge in [0, 0.05) is 29.7 Å². The summed E-state index contributed by atoms with van der Waals surface area (Å²) in [5.74, 6) is 0.957. The maximum Gasteiger partial charge on any atom is 0.123 e. The van der Waals surface area contributed by atoms with Crippen molar-refractivity contribution < 1.29 is 9.47 Å². The van der Waals surface area contributed by atoms with E-state index in [4.69, 9.17) is 9.47 Å². The Bertz CT molecular complexity index is 484. The molecule has 21 heavy (non-hydrogen) atoms.